The Bertz CT molecular complexity index is 1290. The van der Waals surface area contributed by atoms with E-state index >= 15 is 0 Å². The summed E-state index contributed by atoms with van der Waals surface area (Å²) in [4.78, 5) is 0. The molecule has 13 heteroatoms. The number of hydrogen-bond acceptors (Lipinski definition) is 2. The summed E-state index contributed by atoms with van der Waals surface area (Å²) in [5.41, 5.74) is -6.98. The van der Waals surface area contributed by atoms with Gasteiger partial charge in [0, 0.05) is 0 Å². The maximum absolute atomic E-state index is 14.6. The molecule has 2 nitrogen and oxygen atoms in total. The van der Waals surface area contributed by atoms with Crippen LogP contribution in [0.3, 0.4) is 0 Å². The van der Waals surface area contributed by atoms with Crippen LogP contribution in [0.2, 0.25) is 0 Å². The predicted molar refractivity (Wildman–Crippen MR) is 113 cm³/mol. The van der Waals surface area contributed by atoms with Crippen LogP contribution in [-0.2, 0) is 9.31 Å². The van der Waals surface area contributed by atoms with Gasteiger partial charge in [-0.05, 0) is 50.4 Å². The maximum atomic E-state index is 14.6. The highest BCUT2D eigenvalue weighted by Gasteiger charge is 2.52. The van der Waals surface area contributed by atoms with Gasteiger partial charge in [0.15, 0.2) is 46.5 Å². The molecule has 196 valence electrons. The normalized spacial score (nSPS) is 16.5. The third-order valence-corrected chi connectivity index (χ3v) is 6.48. The molecule has 1 saturated heterocycles. The van der Waals surface area contributed by atoms with Crippen molar-refractivity contribution >= 4 is 12.6 Å². The molecule has 0 radical (unpaired) electrons. The second kappa shape index (κ2) is 8.76. The summed E-state index contributed by atoms with van der Waals surface area (Å²) in [7, 11) is -1.42. The van der Waals surface area contributed by atoms with Gasteiger partial charge in [-0.25, -0.2) is 43.9 Å². The van der Waals surface area contributed by atoms with Gasteiger partial charge in [-0.3, -0.25) is 0 Å². The van der Waals surface area contributed by atoms with Crippen LogP contribution in [-0.4, -0.2) is 18.3 Å². The summed E-state index contributed by atoms with van der Waals surface area (Å²) in [6, 6.07) is 2.23. The Morgan fingerprint density at radius 3 is 1.03 bits per heavy atom. The van der Waals surface area contributed by atoms with Crippen molar-refractivity contribution < 1.29 is 53.2 Å². The van der Waals surface area contributed by atoms with Crippen LogP contribution < -0.4 is 5.46 Å². The third-order valence-electron chi connectivity index (χ3n) is 6.48. The summed E-state index contributed by atoms with van der Waals surface area (Å²) in [5, 5.41) is 0. The largest absolute Gasteiger partial charge is 0.494 e. The van der Waals surface area contributed by atoms with Crippen molar-refractivity contribution in [3.63, 3.8) is 0 Å². The fourth-order valence-corrected chi connectivity index (χ4v) is 3.77. The highest BCUT2D eigenvalue weighted by Crippen LogP contribution is 2.39. The van der Waals surface area contributed by atoms with Crippen molar-refractivity contribution in [3.05, 3.63) is 76.4 Å². The Kier molecular flexibility index (Phi) is 6.39. The standard InChI is InChI=1S/C24H15BF10O2/c1-23(2)24(3,4)37-25(36-23)10-6-8(11-13(26)17(30)21(34)18(31)14(11)27)5-9(7-10)12-15(28)19(32)22(35)20(33)16(12)29/h5-7H,1-4H3. The first-order chi connectivity index (χ1) is 17.0. The highest BCUT2D eigenvalue weighted by molar-refractivity contribution is 6.62. The molecule has 1 fully saturated rings. The molecule has 0 amide bonds. The van der Waals surface area contributed by atoms with Crippen molar-refractivity contribution in [2.75, 3.05) is 0 Å². The SMILES string of the molecule is CC1(C)OB(c2cc(-c3c(F)c(F)c(F)c(F)c3F)cc(-c3c(F)c(F)c(F)c(F)c3F)c2)OC1(C)C. The molecule has 1 aliphatic heterocycles. The van der Waals surface area contributed by atoms with E-state index in [0.29, 0.717) is 6.07 Å². The lowest BCUT2D eigenvalue weighted by Gasteiger charge is -2.32. The third kappa shape index (κ3) is 4.08. The van der Waals surface area contributed by atoms with Crippen LogP contribution in [0.5, 0.6) is 0 Å². The van der Waals surface area contributed by atoms with Gasteiger partial charge >= 0.3 is 7.12 Å². The molecule has 0 bridgehead atoms. The van der Waals surface area contributed by atoms with Crippen molar-refractivity contribution in [2.45, 2.75) is 38.9 Å². The molecule has 0 atom stereocenters. The van der Waals surface area contributed by atoms with Gasteiger partial charge in [0.1, 0.15) is 0 Å². The minimum absolute atomic E-state index is 0.265. The lowest BCUT2D eigenvalue weighted by molar-refractivity contribution is 0.00578. The van der Waals surface area contributed by atoms with E-state index in [1.807, 2.05) is 0 Å². The molecule has 0 aromatic heterocycles. The first kappa shape index (κ1) is 27.0. The molecule has 4 rings (SSSR count). The monoisotopic (exact) mass is 536 g/mol. The molecule has 0 N–H and O–H groups in total. The van der Waals surface area contributed by atoms with E-state index in [1.165, 1.54) is 0 Å². The molecule has 3 aromatic carbocycles. The molecule has 37 heavy (non-hydrogen) atoms. The van der Waals surface area contributed by atoms with E-state index in [2.05, 4.69) is 0 Å². The number of hydrogen-bond donors (Lipinski definition) is 0. The summed E-state index contributed by atoms with van der Waals surface area (Å²) in [6.45, 7) is 6.41. The second-order valence-corrected chi connectivity index (χ2v) is 9.32. The van der Waals surface area contributed by atoms with E-state index in [0.717, 1.165) is 12.1 Å². The Morgan fingerprint density at radius 2 is 0.730 bits per heavy atom. The Hall–Kier alpha value is -3.06. The highest BCUT2D eigenvalue weighted by atomic mass is 19.2. The van der Waals surface area contributed by atoms with E-state index in [1.54, 1.807) is 27.7 Å². The quantitative estimate of drug-likeness (QED) is 0.160. The van der Waals surface area contributed by atoms with Crippen LogP contribution in [0.1, 0.15) is 27.7 Å². The minimum Gasteiger partial charge on any atom is -0.399 e. The van der Waals surface area contributed by atoms with Crippen molar-refractivity contribution in [3.8, 4) is 22.3 Å². The van der Waals surface area contributed by atoms with Gasteiger partial charge in [-0.2, -0.15) is 0 Å². The van der Waals surface area contributed by atoms with E-state index in [4.69, 9.17) is 9.31 Å². The molecule has 0 unspecified atom stereocenters. The topological polar surface area (TPSA) is 18.5 Å². The second-order valence-electron chi connectivity index (χ2n) is 9.32. The molecule has 3 aromatic rings. The van der Waals surface area contributed by atoms with Crippen molar-refractivity contribution in [1.29, 1.82) is 0 Å². The van der Waals surface area contributed by atoms with Gasteiger partial charge in [0.25, 0.3) is 0 Å². The summed E-state index contributed by atoms with van der Waals surface area (Å²) in [6.07, 6.45) is 0. The summed E-state index contributed by atoms with van der Waals surface area (Å²) >= 11 is 0. The maximum Gasteiger partial charge on any atom is 0.494 e. The van der Waals surface area contributed by atoms with Gasteiger partial charge in [-0.1, -0.05) is 12.1 Å². The molecular weight excluding hydrogens is 521 g/mol. The molecule has 1 heterocycles. The van der Waals surface area contributed by atoms with Gasteiger partial charge in [0.2, 0.25) is 11.6 Å². The fraction of sp³-hybridized carbons (Fsp3) is 0.250. The molecule has 0 saturated carbocycles. The fourth-order valence-electron chi connectivity index (χ4n) is 3.77. The molecule has 0 spiro atoms. The number of rotatable bonds is 3. The Balaban J connectivity index is 2.07. The van der Waals surface area contributed by atoms with Crippen molar-refractivity contribution in [2.24, 2.45) is 0 Å². The zero-order valence-corrected chi connectivity index (χ0v) is 19.4. The van der Waals surface area contributed by atoms with E-state index in [-0.39, 0.29) is 5.46 Å². The van der Waals surface area contributed by atoms with Crippen molar-refractivity contribution in [1.82, 2.24) is 0 Å². The molecular formula is C24H15BF10O2. The smallest absolute Gasteiger partial charge is 0.399 e. The zero-order valence-electron chi connectivity index (χ0n) is 19.4. The van der Waals surface area contributed by atoms with E-state index in [9.17, 15) is 43.9 Å². The first-order valence-corrected chi connectivity index (χ1v) is 10.5. The van der Waals surface area contributed by atoms with Gasteiger partial charge in [-0.15, -0.1) is 0 Å². The number of benzene rings is 3. The predicted octanol–water partition coefficient (Wildman–Crippen LogP) is 6.71. The van der Waals surface area contributed by atoms with E-state index < -0.39 is 98.7 Å². The average Bonchev–Trinajstić information content (AvgIpc) is 3.05. The lowest BCUT2D eigenvalue weighted by atomic mass is 9.76. The first-order valence-electron chi connectivity index (χ1n) is 10.5. The lowest BCUT2D eigenvalue weighted by Crippen LogP contribution is -2.41. The van der Waals surface area contributed by atoms with Gasteiger partial charge < -0.3 is 9.31 Å². The minimum atomic E-state index is -2.46. The summed E-state index contributed by atoms with van der Waals surface area (Å²) in [5.74, 6) is -23.3. The average molecular weight is 536 g/mol. The van der Waals surface area contributed by atoms with Crippen LogP contribution in [0.25, 0.3) is 22.3 Å². The van der Waals surface area contributed by atoms with Crippen LogP contribution in [0, 0.1) is 58.2 Å². The number of halogens is 10. The van der Waals surface area contributed by atoms with Gasteiger partial charge in [0.05, 0.1) is 22.3 Å². The zero-order chi connectivity index (χ0) is 27.8. The van der Waals surface area contributed by atoms with Crippen LogP contribution in [0.4, 0.5) is 43.9 Å². The summed E-state index contributed by atoms with van der Waals surface area (Å²) < 4.78 is 153. The Morgan fingerprint density at radius 1 is 0.459 bits per heavy atom. The van der Waals surface area contributed by atoms with Crippen LogP contribution >= 0.6 is 0 Å². The molecule has 1 aliphatic rings. The Labute approximate surface area is 204 Å². The molecule has 0 aliphatic carbocycles. The van der Waals surface area contributed by atoms with Crippen LogP contribution in [0.15, 0.2) is 18.2 Å².